The Hall–Kier alpha value is -3.09. The van der Waals surface area contributed by atoms with Gasteiger partial charge in [-0.25, -0.2) is 4.79 Å². The third kappa shape index (κ3) is 5.04. The van der Waals surface area contributed by atoms with E-state index in [2.05, 4.69) is 10.2 Å². The van der Waals surface area contributed by atoms with Gasteiger partial charge in [-0.15, -0.1) is 0 Å². The first-order valence-corrected chi connectivity index (χ1v) is 9.80. The molecule has 1 N–H and O–H groups in total. The maximum Gasteiger partial charge on any atom is 0.322 e. The molecule has 0 bridgehead atoms. The van der Waals surface area contributed by atoms with Gasteiger partial charge in [0.2, 0.25) is 0 Å². The average Bonchev–Trinajstić information content (AvgIpc) is 2.74. The summed E-state index contributed by atoms with van der Waals surface area (Å²) >= 11 is 0. The van der Waals surface area contributed by atoms with Crippen molar-refractivity contribution in [1.29, 1.82) is 0 Å². The first kappa shape index (κ1) is 20.6. The number of hydrogen-bond donors (Lipinski definition) is 1. The van der Waals surface area contributed by atoms with Crippen LogP contribution in [0.1, 0.15) is 13.8 Å². The molecule has 2 aromatic carbocycles. The van der Waals surface area contributed by atoms with Crippen molar-refractivity contribution in [3.05, 3.63) is 42.5 Å². The van der Waals surface area contributed by atoms with Gasteiger partial charge in [0.15, 0.2) is 0 Å². The van der Waals surface area contributed by atoms with E-state index in [1.165, 1.54) is 0 Å². The third-order valence-electron chi connectivity index (χ3n) is 4.78. The molecule has 1 fully saturated rings. The maximum atomic E-state index is 12.8. The molecule has 156 valence electrons. The number of ether oxygens (including phenoxy) is 3. The Morgan fingerprint density at radius 1 is 0.966 bits per heavy atom. The molecule has 3 rings (SSSR count). The number of anilines is 2. The van der Waals surface area contributed by atoms with Crippen LogP contribution in [0.2, 0.25) is 0 Å². The van der Waals surface area contributed by atoms with E-state index in [1.54, 1.807) is 14.2 Å². The highest BCUT2D eigenvalue weighted by Gasteiger charge is 2.24. The number of nitrogens with one attached hydrogen (secondary N) is 1. The van der Waals surface area contributed by atoms with Gasteiger partial charge in [0.1, 0.15) is 17.2 Å². The van der Waals surface area contributed by atoms with E-state index < -0.39 is 0 Å². The first-order valence-electron chi connectivity index (χ1n) is 9.80. The molecule has 0 atom stereocenters. The summed E-state index contributed by atoms with van der Waals surface area (Å²) in [5.74, 6) is 2.25. The molecule has 7 heteroatoms. The zero-order valence-corrected chi connectivity index (χ0v) is 17.5. The molecule has 2 aromatic rings. The lowest BCUT2D eigenvalue weighted by Gasteiger charge is -2.36. The Balaban J connectivity index is 1.64. The van der Waals surface area contributed by atoms with Gasteiger partial charge in [-0.2, -0.15) is 0 Å². The van der Waals surface area contributed by atoms with Crippen molar-refractivity contribution in [2.75, 3.05) is 50.6 Å². The molecule has 1 aliphatic heterocycles. The van der Waals surface area contributed by atoms with Crippen molar-refractivity contribution < 1.29 is 19.0 Å². The normalized spacial score (nSPS) is 14.0. The fraction of sp³-hybridized carbons (Fsp3) is 0.409. The fourth-order valence-corrected chi connectivity index (χ4v) is 3.32. The van der Waals surface area contributed by atoms with Crippen LogP contribution >= 0.6 is 0 Å². The number of amides is 2. The lowest BCUT2D eigenvalue weighted by molar-refractivity contribution is 0.207. The smallest absolute Gasteiger partial charge is 0.322 e. The van der Waals surface area contributed by atoms with Crippen molar-refractivity contribution in [1.82, 2.24) is 4.90 Å². The molecule has 29 heavy (non-hydrogen) atoms. The molecule has 0 saturated carbocycles. The molecular formula is C22H29N3O4. The van der Waals surface area contributed by atoms with Gasteiger partial charge in [0.25, 0.3) is 0 Å². The van der Waals surface area contributed by atoms with Crippen LogP contribution in [0.4, 0.5) is 16.2 Å². The number of carbonyl (C=O) groups excluding carboxylic acids is 1. The van der Waals surface area contributed by atoms with E-state index in [4.69, 9.17) is 14.2 Å². The Morgan fingerprint density at radius 3 is 2.34 bits per heavy atom. The van der Waals surface area contributed by atoms with E-state index in [9.17, 15) is 4.79 Å². The molecule has 0 unspecified atom stereocenters. The zero-order valence-electron chi connectivity index (χ0n) is 17.5. The summed E-state index contributed by atoms with van der Waals surface area (Å²) in [6.45, 7) is 6.57. The first-order chi connectivity index (χ1) is 14.0. The molecule has 1 aliphatic rings. The average molecular weight is 399 g/mol. The summed E-state index contributed by atoms with van der Waals surface area (Å²) < 4.78 is 16.6. The molecule has 2 amide bonds. The molecule has 1 saturated heterocycles. The SMILES string of the molecule is COc1ccc(OC)c(N2CCN(C(=O)Nc3ccccc3OC(C)C)CC2)c1. The van der Waals surface area contributed by atoms with E-state index in [0.717, 1.165) is 17.2 Å². The fourth-order valence-electron chi connectivity index (χ4n) is 3.32. The number of methoxy groups -OCH3 is 2. The Morgan fingerprint density at radius 2 is 1.69 bits per heavy atom. The van der Waals surface area contributed by atoms with Gasteiger partial charge in [0.05, 0.1) is 31.7 Å². The molecule has 7 nitrogen and oxygen atoms in total. The molecule has 0 radical (unpaired) electrons. The predicted octanol–water partition coefficient (Wildman–Crippen LogP) is 3.85. The standard InChI is InChI=1S/C22H29N3O4/c1-16(2)29-20-8-6-5-7-18(20)23-22(26)25-13-11-24(12-14-25)19-15-17(27-3)9-10-21(19)28-4/h5-10,15-16H,11-14H2,1-4H3,(H,23,26). The van der Waals surface area contributed by atoms with Gasteiger partial charge >= 0.3 is 6.03 Å². The predicted molar refractivity (Wildman–Crippen MR) is 115 cm³/mol. The second-order valence-electron chi connectivity index (χ2n) is 7.10. The minimum Gasteiger partial charge on any atom is -0.497 e. The van der Waals surface area contributed by atoms with Crippen LogP contribution in [0.3, 0.4) is 0 Å². The maximum absolute atomic E-state index is 12.8. The molecule has 1 heterocycles. The van der Waals surface area contributed by atoms with Crippen molar-refractivity contribution >= 4 is 17.4 Å². The summed E-state index contributed by atoms with van der Waals surface area (Å²) in [6, 6.07) is 13.1. The number of urea groups is 1. The third-order valence-corrected chi connectivity index (χ3v) is 4.78. The zero-order chi connectivity index (χ0) is 20.8. The highest BCUT2D eigenvalue weighted by atomic mass is 16.5. The number of nitrogens with zero attached hydrogens (tertiary/aromatic N) is 2. The summed E-state index contributed by atoms with van der Waals surface area (Å²) in [5, 5.41) is 2.98. The van der Waals surface area contributed by atoms with Crippen molar-refractivity contribution in [2.24, 2.45) is 0 Å². The van der Waals surface area contributed by atoms with E-state index in [1.807, 2.05) is 61.2 Å². The number of benzene rings is 2. The Bertz CT molecular complexity index is 833. The number of hydrogen-bond acceptors (Lipinski definition) is 5. The summed E-state index contributed by atoms with van der Waals surface area (Å²) in [4.78, 5) is 16.8. The van der Waals surface area contributed by atoms with Crippen molar-refractivity contribution in [2.45, 2.75) is 20.0 Å². The van der Waals surface area contributed by atoms with Crippen molar-refractivity contribution in [3.8, 4) is 17.2 Å². The minimum absolute atomic E-state index is 0.0365. The van der Waals surface area contributed by atoms with Gasteiger partial charge in [0, 0.05) is 32.2 Å². The highest BCUT2D eigenvalue weighted by molar-refractivity contribution is 5.91. The highest BCUT2D eigenvalue weighted by Crippen LogP contribution is 2.33. The van der Waals surface area contributed by atoms with Crippen LogP contribution in [0.15, 0.2) is 42.5 Å². The van der Waals surface area contributed by atoms with Crippen LogP contribution in [-0.2, 0) is 0 Å². The summed E-state index contributed by atoms with van der Waals surface area (Å²) in [7, 11) is 3.31. The van der Waals surface area contributed by atoms with Crippen molar-refractivity contribution in [3.63, 3.8) is 0 Å². The number of rotatable bonds is 6. The number of piperazine rings is 1. The second kappa shape index (κ2) is 9.41. The number of para-hydroxylation sites is 2. The van der Waals surface area contributed by atoms with Gasteiger partial charge in [-0.05, 0) is 38.1 Å². The van der Waals surface area contributed by atoms with Gasteiger partial charge in [-0.3, -0.25) is 0 Å². The van der Waals surface area contributed by atoms with E-state index >= 15 is 0 Å². The van der Waals surface area contributed by atoms with Gasteiger partial charge < -0.3 is 29.3 Å². The molecule has 0 aromatic heterocycles. The quantitative estimate of drug-likeness (QED) is 0.800. The number of carbonyl (C=O) groups is 1. The Labute approximate surface area is 172 Å². The molecular weight excluding hydrogens is 370 g/mol. The Kier molecular flexibility index (Phi) is 6.69. The van der Waals surface area contributed by atoms with Crippen LogP contribution in [-0.4, -0.2) is 57.4 Å². The lowest BCUT2D eigenvalue weighted by atomic mass is 10.2. The van der Waals surface area contributed by atoms with E-state index in [0.29, 0.717) is 37.6 Å². The summed E-state index contributed by atoms with van der Waals surface area (Å²) in [6.07, 6.45) is 0.0365. The van der Waals surface area contributed by atoms with Crippen LogP contribution in [0, 0.1) is 0 Å². The van der Waals surface area contributed by atoms with Crippen LogP contribution < -0.4 is 24.4 Å². The van der Waals surface area contributed by atoms with E-state index in [-0.39, 0.29) is 12.1 Å². The monoisotopic (exact) mass is 399 g/mol. The topological polar surface area (TPSA) is 63.3 Å². The second-order valence-corrected chi connectivity index (χ2v) is 7.10. The molecule has 0 spiro atoms. The lowest BCUT2D eigenvalue weighted by Crippen LogP contribution is -2.50. The van der Waals surface area contributed by atoms with Gasteiger partial charge in [-0.1, -0.05) is 12.1 Å². The largest absolute Gasteiger partial charge is 0.497 e. The van der Waals surface area contributed by atoms with Crippen LogP contribution in [0.25, 0.3) is 0 Å². The molecule has 0 aliphatic carbocycles. The van der Waals surface area contributed by atoms with Crippen LogP contribution in [0.5, 0.6) is 17.2 Å². The summed E-state index contributed by atoms with van der Waals surface area (Å²) in [5.41, 5.74) is 1.66. The minimum atomic E-state index is -0.123.